The molecule has 2 saturated carbocycles. The lowest BCUT2D eigenvalue weighted by Crippen LogP contribution is -2.15. The van der Waals surface area contributed by atoms with E-state index in [0.717, 1.165) is 31.0 Å². The molecule has 3 unspecified atom stereocenters. The van der Waals surface area contributed by atoms with Crippen LogP contribution in [-0.4, -0.2) is 15.9 Å². The second-order valence-corrected chi connectivity index (χ2v) is 6.29. The Balaban J connectivity index is 1.70. The van der Waals surface area contributed by atoms with Gasteiger partial charge in [-0.1, -0.05) is 24.9 Å². The van der Waals surface area contributed by atoms with Crippen LogP contribution in [0.2, 0.25) is 0 Å². The highest BCUT2D eigenvalue weighted by atomic mass is 16.5. The van der Waals surface area contributed by atoms with Crippen LogP contribution in [0.5, 0.6) is 0 Å². The normalized spacial score (nSPS) is 32.5. The molecule has 0 aliphatic heterocycles. The Labute approximate surface area is 114 Å². The van der Waals surface area contributed by atoms with Crippen molar-refractivity contribution in [2.75, 3.05) is 0 Å². The van der Waals surface area contributed by atoms with Crippen LogP contribution < -0.4 is 0 Å². The lowest BCUT2D eigenvalue weighted by atomic mass is 9.82. The third kappa shape index (κ3) is 2.88. The van der Waals surface area contributed by atoms with Crippen molar-refractivity contribution in [1.82, 2.24) is 10.1 Å². The Morgan fingerprint density at radius 1 is 1.16 bits per heavy atom. The van der Waals surface area contributed by atoms with Gasteiger partial charge in [0.25, 0.3) is 0 Å². The first kappa shape index (κ1) is 12.8. The lowest BCUT2D eigenvalue weighted by molar-refractivity contribution is -0.120. The van der Waals surface area contributed by atoms with Crippen LogP contribution in [0.3, 0.4) is 0 Å². The summed E-state index contributed by atoms with van der Waals surface area (Å²) in [5.41, 5.74) is 0. The Morgan fingerprint density at radius 3 is 2.79 bits per heavy atom. The predicted octanol–water partition coefficient (Wildman–Crippen LogP) is 3.59. The van der Waals surface area contributed by atoms with E-state index in [4.69, 9.17) is 4.52 Å². The van der Waals surface area contributed by atoms with Crippen LogP contribution in [0.4, 0.5) is 0 Å². The molecule has 0 saturated heterocycles. The van der Waals surface area contributed by atoms with E-state index in [0.29, 0.717) is 24.0 Å². The number of nitrogens with zero attached hydrogens (tertiary/aromatic N) is 2. The summed E-state index contributed by atoms with van der Waals surface area (Å²) in [6, 6.07) is 0. The van der Waals surface area contributed by atoms with E-state index in [9.17, 15) is 4.79 Å². The fourth-order valence-electron chi connectivity index (χ4n) is 3.48. The molecule has 4 nitrogen and oxygen atoms in total. The standard InChI is InChI=1S/C15H22N2O2/c1-10-4-2-5-11(8-10)14-16-15(19-17-14)12-6-3-7-13(18)9-12/h10-12H,2-9H2,1H3. The molecular weight excluding hydrogens is 240 g/mol. The van der Waals surface area contributed by atoms with Crippen molar-refractivity contribution in [3.05, 3.63) is 11.7 Å². The molecule has 3 atom stereocenters. The number of aromatic nitrogens is 2. The van der Waals surface area contributed by atoms with E-state index in [1.807, 2.05) is 0 Å². The molecule has 2 fully saturated rings. The van der Waals surface area contributed by atoms with Crippen molar-refractivity contribution in [2.45, 2.75) is 70.1 Å². The Bertz CT molecular complexity index is 455. The maximum atomic E-state index is 11.5. The molecule has 104 valence electrons. The number of carbonyl (C=O) groups excluding carboxylic acids is 1. The average molecular weight is 262 g/mol. The van der Waals surface area contributed by atoms with Gasteiger partial charge in [0, 0.05) is 24.7 Å². The highest BCUT2D eigenvalue weighted by molar-refractivity contribution is 5.79. The molecular formula is C15H22N2O2. The van der Waals surface area contributed by atoms with Crippen molar-refractivity contribution in [1.29, 1.82) is 0 Å². The fraction of sp³-hybridized carbons (Fsp3) is 0.800. The first-order valence-corrected chi connectivity index (χ1v) is 7.57. The van der Waals surface area contributed by atoms with Gasteiger partial charge in [-0.25, -0.2) is 0 Å². The lowest BCUT2D eigenvalue weighted by Gasteiger charge is -2.24. The summed E-state index contributed by atoms with van der Waals surface area (Å²) in [4.78, 5) is 16.1. The van der Waals surface area contributed by atoms with Crippen LogP contribution in [-0.2, 0) is 4.79 Å². The van der Waals surface area contributed by atoms with E-state index in [1.165, 1.54) is 25.7 Å². The Morgan fingerprint density at radius 2 is 2.00 bits per heavy atom. The molecule has 0 bridgehead atoms. The van der Waals surface area contributed by atoms with Crippen LogP contribution in [0.25, 0.3) is 0 Å². The monoisotopic (exact) mass is 262 g/mol. The van der Waals surface area contributed by atoms with E-state index in [-0.39, 0.29) is 5.92 Å². The third-order valence-electron chi connectivity index (χ3n) is 4.59. The molecule has 3 rings (SSSR count). The third-order valence-corrected chi connectivity index (χ3v) is 4.59. The summed E-state index contributed by atoms with van der Waals surface area (Å²) in [7, 11) is 0. The van der Waals surface area contributed by atoms with Crippen molar-refractivity contribution in [3.8, 4) is 0 Å². The van der Waals surface area contributed by atoms with Crippen molar-refractivity contribution < 1.29 is 9.32 Å². The summed E-state index contributed by atoms with van der Waals surface area (Å²) in [5, 5.41) is 4.18. The maximum Gasteiger partial charge on any atom is 0.230 e. The predicted molar refractivity (Wildman–Crippen MR) is 70.9 cm³/mol. The smallest absolute Gasteiger partial charge is 0.230 e. The number of hydrogen-bond acceptors (Lipinski definition) is 4. The molecule has 4 heteroatoms. The molecule has 0 aromatic carbocycles. The Hall–Kier alpha value is -1.19. The minimum atomic E-state index is 0.170. The number of rotatable bonds is 2. The van der Waals surface area contributed by atoms with Gasteiger partial charge < -0.3 is 4.52 Å². The van der Waals surface area contributed by atoms with Gasteiger partial charge in [0.2, 0.25) is 5.89 Å². The summed E-state index contributed by atoms with van der Waals surface area (Å²) < 4.78 is 5.43. The van der Waals surface area contributed by atoms with Gasteiger partial charge in [0.15, 0.2) is 5.82 Å². The zero-order valence-corrected chi connectivity index (χ0v) is 11.6. The van der Waals surface area contributed by atoms with E-state index in [1.54, 1.807) is 0 Å². The molecule has 19 heavy (non-hydrogen) atoms. The molecule has 0 amide bonds. The Kier molecular flexibility index (Phi) is 3.67. The zero-order chi connectivity index (χ0) is 13.2. The van der Waals surface area contributed by atoms with Crippen LogP contribution >= 0.6 is 0 Å². The van der Waals surface area contributed by atoms with Gasteiger partial charge in [0.1, 0.15) is 5.78 Å². The largest absolute Gasteiger partial charge is 0.339 e. The average Bonchev–Trinajstić information content (AvgIpc) is 2.88. The summed E-state index contributed by atoms with van der Waals surface area (Å²) in [6.07, 6.45) is 8.20. The summed E-state index contributed by atoms with van der Waals surface area (Å²) >= 11 is 0. The molecule has 1 aromatic heterocycles. The minimum Gasteiger partial charge on any atom is -0.339 e. The highest BCUT2D eigenvalue weighted by Crippen LogP contribution is 2.36. The molecule has 0 N–H and O–H groups in total. The van der Waals surface area contributed by atoms with Crippen LogP contribution in [0, 0.1) is 5.92 Å². The summed E-state index contributed by atoms with van der Waals surface area (Å²) in [6.45, 7) is 2.30. The SMILES string of the molecule is CC1CCCC(c2noc(C3CCCC(=O)C3)n2)C1. The van der Waals surface area contributed by atoms with Crippen molar-refractivity contribution in [3.63, 3.8) is 0 Å². The molecule has 2 aliphatic rings. The van der Waals surface area contributed by atoms with Gasteiger partial charge in [0.05, 0.1) is 0 Å². The van der Waals surface area contributed by atoms with E-state index < -0.39 is 0 Å². The first-order chi connectivity index (χ1) is 9.22. The molecule has 0 radical (unpaired) electrons. The van der Waals surface area contributed by atoms with Crippen molar-refractivity contribution in [2.24, 2.45) is 5.92 Å². The topological polar surface area (TPSA) is 56.0 Å². The quantitative estimate of drug-likeness (QED) is 0.817. The zero-order valence-electron chi connectivity index (χ0n) is 11.6. The van der Waals surface area contributed by atoms with Gasteiger partial charge in [-0.3, -0.25) is 4.79 Å². The number of ketones is 1. The van der Waals surface area contributed by atoms with E-state index >= 15 is 0 Å². The van der Waals surface area contributed by atoms with Gasteiger partial charge >= 0.3 is 0 Å². The molecule has 1 aromatic rings. The first-order valence-electron chi connectivity index (χ1n) is 7.57. The van der Waals surface area contributed by atoms with E-state index in [2.05, 4.69) is 17.1 Å². The van der Waals surface area contributed by atoms with Crippen molar-refractivity contribution >= 4 is 5.78 Å². The molecule has 2 aliphatic carbocycles. The van der Waals surface area contributed by atoms with Gasteiger partial charge in [-0.15, -0.1) is 0 Å². The molecule has 0 spiro atoms. The van der Waals surface area contributed by atoms with Gasteiger partial charge in [-0.2, -0.15) is 4.98 Å². The highest BCUT2D eigenvalue weighted by Gasteiger charge is 2.29. The number of carbonyl (C=O) groups is 1. The second kappa shape index (κ2) is 5.43. The second-order valence-electron chi connectivity index (χ2n) is 6.29. The minimum absolute atomic E-state index is 0.170. The summed E-state index contributed by atoms with van der Waals surface area (Å²) in [5.74, 6) is 3.30. The number of Topliss-reactive ketones (excluding diaryl/α,β-unsaturated/α-hetero) is 1. The maximum absolute atomic E-state index is 11.5. The fourth-order valence-corrected chi connectivity index (χ4v) is 3.48. The van der Waals surface area contributed by atoms with Crippen LogP contribution in [0.1, 0.15) is 81.8 Å². The van der Waals surface area contributed by atoms with Gasteiger partial charge in [-0.05, 0) is 31.6 Å². The molecule has 1 heterocycles. The van der Waals surface area contributed by atoms with Crippen LogP contribution in [0.15, 0.2) is 4.52 Å². The number of hydrogen-bond donors (Lipinski definition) is 0.